The van der Waals surface area contributed by atoms with Crippen molar-refractivity contribution in [3.05, 3.63) is 28.0 Å². The summed E-state index contributed by atoms with van der Waals surface area (Å²) in [7, 11) is 1.17. The van der Waals surface area contributed by atoms with Gasteiger partial charge < -0.3 is 4.74 Å². The van der Waals surface area contributed by atoms with Gasteiger partial charge in [-0.2, -0.15) is 13.2 Å². The first-order valence-electron chi connectivity index (χ1n) is 3.29. The zero-order chi connectivity index (χ0) is 10.1. The normalized spacial score (nSPS) is 11.4. The first kappa shape index (κ1) is 9.63. The predicted molar refractivity (Wildman–Crippen MR) is 38.6 cm³/mol. The Hall–Kier alpha value is -1.46. The Bertz CT molecular complexity index is 355. The summed E-state index contributed by atoms with van der Waals surface area (Å²) >= 11 is 0. The van der Waals surface area contributed by atoms with E-state index in [4.69, 9.17) is 0 Å². The fourth-order valence-corrected chi connectivity index (χ4v) is 0.791. The van der Waals surface area contributed by atoms with Crippen molar-refractivity contribution in [2.45, 2.75) is 6.18 Å². The molecule has 6 heteroatoms. The van der Waals surface area contributed by atoms with Crippen LogP contribution in [0.4, 0.5) is 13.2 Å². The van der Waals surface area contributed by atoms with E-state index in [1.165, 1.54) is 7.11 Å². The third-order valence-corrected chi connectivity index (χ3v) is 1.37. The summed E-state index contributed by atoms with van der Waals surface area (Å²) in [5, 5.41) is 0. The molecule has 3 nitrogen and oxygen atoms in total. The smallest absolute Gasteiger partial charge is 0.416 e. The van der Waals surface area contributed by atoms with E-state index in [1.807, 2.05) is 0 Å². The number of rotatable bonds is 1. The van der Waals surface area contributed by atoms with Crippen molar-refractivity contribution in [3.63, 3.8) is 0 Å². The molecule has 0 saturated heterocycles. The number of nitrogens with one attached hydrogen (secondary N) is 1. The highest BCUT2D eigenvalue weighted by Gasteiger charge is 2.31. The summed E-state index contributed by atoms with van der Waals surface area (Å²) in [5.41, 5.74) is -1.86. The predicted octanol–water partition coefficient (Wildman–Crippen LogP) is 1.40. The molecule has 0 saturated carbocycles. The van der Waals surface area contributed by atoms with Crippen LogP contribution in [0.3, 0.4) is 0 Å². The molecule has 0 bridgehead atoms. The Kier molecular flexibility index (Phi) is 2.31. The maximum absolute atomic E-state index is 12.1. The number of halogens is 3. The molecule has 0 aliphatic carbocycles. The fourth-order valence-electron chi connectivity index (χ4n) is 0.791. The van der Waals surface area contributed by atoms with E-state index in [1.54, 1.807) is 0 Å². The SMILES string of the molecule is COc1cc(C(F)(F)F)cc(=O)[nH]1. The molecular formula is C7H6F3NO2. The molecule has 0 aliphatic heterocycles. The fraction of sp³-hybridized carbons (Fsp3) is 0.286. The lowest BCUT2D eigenvalue weighted by Crippen LogP contribution is -2.13. The monoisotopic (exact) mass is 193 g/mol. The van der Waals surface area contributed by atoms with Crippen LogP contribution in [0.25, 0.3) is 0 Å². The van der Waals surface area contributed by atoms with Gasteiger partial charge in [-0.15, -0.1) is 0 Å². The van der Waals surface area contributed by atoms with Gasteiger partial charge in [0.05, 0.1) is 12.7 Å². The quantitative estimate of drug-likeness (QED) is 0.732. The number of H-pyrrole nitrogens is 1. The van der Waals surface area contributed by atoms with E-state index in [2.05, 4.69) is 9.72 Å². The van der Waals surface area contributed by atoms with Crippen LogP contribution in [0.2, 0.25) is 0 Å². The van der Waals surface area contributed by atoms with Crippen LogP contribution in [-0.4, -0.2) is 12.1 Å². The molecule has 0 aliphatic rings. The summed E-state index contributed by atoms with van der Waals surface area (Å²) in [4.78, 5) is 12.8. The Labute approximate surface area is 71.2 Å². The summed E-state index contributed by atoms with van der Waals surface area (Å²) in [6, 6.07) is 1.20. The molecule has 0 unspecified atom stereocenters. The first-order valence-corrected chi connectivity index (χ1v) is 3.29. The van der Waals surface area contributed by atoms with E-state index in [0.717, 1.165) is 6.07 Å². The average Bonchev–Trinajstić information content (AvgIpc) is 2.01. The third kappa shape index (κ3) is 2.24. The molecule has 0 fully saturated rings. The number of ether oxygens (including phenoxy) is 1. The minimum Gasteiger partial charge on any atom is -0.482 e. The molecule has 1 aromatic rings. The maximum Gasteiger partial charge on any atom is 0.416 e. The molecule has 1 rings (SSSR count). The lowest BCUT2D eigenvalue weighted by Gasteiger charge is -2.06. The zero-order valence-corrected chi connectivity index (χ0v) is 6.61. The van der Waals surface area contributed by atoms with Gasteiger partial charge in [0.25, 0.3) is 5.56 Å². The van der Waals surface area contributed by atoms with Gasteiger partial charge in [0, 0.05) is 12.1 Å². The van der Waals surface area contributed by atoms with Gasteiger partial charge >= 0.3 is 6.18 Å². The van der Waals surface area contributed by atoms with Crippen molar-refractivity contribution in [1.82, 2.24) is 4.98 Å². The van der Waals surface area contributed by atoms with Crippen LogP contribution < -0.4 is 10.3 Å². The van der Waals surface area contributed by atoms with Gasteiger partial charge in [0.2, 0.25) is 0 Å². The highest BCUT2D eigenvalue weighted by Crippen LogP contribution is 2.29. The largest absolute Gasteiger partial charge is 0.482 e. The van der Waals surface area contributed by atoms with E-state index in [9.17, 15) is 18.0 Å². The van der Waals surface area contributed by atoms with E-state index in [-0.39, 0.29) is 5.88 Å². The average molecular weight is 193 g/mol. The zero-order valence-electron chi connectivity index (χ0n) is 6.61. The molecule has 0 radical (unpaired) electrons. The lowest BCUT2D eigenvalue weighted by molar-refractivity contribution is -0.137. The number of aromatic amines is 1. The van der Waals surface area contributed by atoms with Gasteiger partial charge in [-0.25, -0.2) is 0 Å². The number of aromatic nitrogens is 1. The van der Waals surface area contributed by atoms with Crippen molar-refractivity contribution in [3.8, 4) is 5.88 Å². The summed E-state index contributed by atoms with van der Waals surface area (Å²) in [5.74, 6) is -0.208. The van der Waals surface area contributed by atoms with E-state index in [0.29, 0.717) is 6.07 Å². The number of pyridine rings is 1. The first-order chi connectivity index (χ1) is 5.93. The van der Waals surface area contributed by atoms with Crippen LogP contribution in [-0.2, 0) is 6.18 Å². The molecule has 1 aromatic heterocycles. The molecule has 0 amide bonds. The number of hydrogen-bond donors (Lipinski definition) is 1. The van der Waals surface area contributed by atoms with Crippen molar-refractivity contribution in [2.24, 2.45) is 0 Å². The van der Waals surface area contributed by atoms with Crippen LogP contribution in [0, 0.1) is 0 Å². The van der Waals surface area contributed by atoms with E-state index < -0.39 is 17.3 Å². The van der Waals surface area contributed by atoms with Crippen molar-refractivity contribution in [2.75, 3.05) is 7.11 Å². The highest BCUT2D eigenvalue weighted by molar-refractivity contribution is 5.22. The molecular weight excluding hydrogens is 187 g/mol. The van der Waals surface area contributed by atoms with Crippen molar-refractivity contribution in [1.29, 1.82) is 0 Å². The summed E-state index contributed by atoms with van der Waals surface area (Å²) < 4.78 is 40.7. The molecule has 0 spiro atoms. The van der Waals surface area contributed by atoms with Gasteiger partial charge in [-0.05, 0) is 0 Å². The highest BCUT2D eigenvalue weighted by atomic mass is 19.4. The molecule has 1 heterocycles. The lowest BCUT2D eigenvalue weighted by atomic mass is 10.2. The number of alkyl halides is 3. The van der Waals surface area contributed by atoms with Crippen LogP contribution in [0.15, 0.2) is 16.9 Å². The van der Waals surface area contributed by atoms with E-state index >= 15 is 0 Å². The number of methoxy groups -OCH3 is 1. The van der Waals surface area contributed by atoms with Crippen LogP contribution in [0.5, 0.6) is 5.88 Å². The Morgan fingerprint density at radius 2 is 2.00 bits per heavy atom. The Balaban J connectivity index is 3.24. The Morgan fingerprint density at radius 3 is 2.46 bits per heavy atom. The summed E-state index contributed by atoms with van der Waals surface area (Å²) in [6.07, 6.45) is -4.53. The Morgan fingerprint density at radius 1 is 1.38 bits per heavy atom. The molecule has 0 atom stereocenters. The second-order valence-corrected chi connectivity index (χ2v) is 2.30. The topological polar surface area (TPSA) is 42.1 Å². The minimum atomic E-state index is -4.53. The second-order valence-electron chi connectivity index (χ2n) is 2.30. The van der Waals surface area contributed by atoms with Crippen LogP contribution >= 0.6 is 0 Å². The third-order valence-electron chi connectivity index (χ3n) is 1.37. The van der Waals surface area contributed by atoms with Crippen LogP contribution in [0.1, 0.15) is 5.56 Å². The summed E-state index contributed by atoms with van der Waals surface area (Å²) in [6.45, 7) is 0. The van der Waals surface area contributed by atoms with Gasteiger partial charge in [-0.3, -0.25) is 9.78 Å². The molecule has 13 heavy (non-hydrogen) atoms. The minimum absolute atomic E-state index is 0.208. The standard InChI is InChI=1S/C7H6F3NO2/c1-13-6-3-4(7(8,9)10)2-5(12)11-6/h2-3H,1H3,(H,11,12). The second kappa shape index (κ2) is 3.12. The van der Waals surface area contributed by atoms with Crippen molar-refractivity contribution >= 4 is 0 Å². The molecule has 72 valence electrons. The van der Waals surface area contributed by atoms with Gasteiger partial charge in [0.15, 0.2) is 5.88 Å². The maximum atomic E-state index is 12.1. The number of hydrogen-bond acceptors (Lipinski definition) is 2. The molecule has 1 N–H and O–H groups in total. The van der Waals surface area contributed by atoms with Gasteiger partial charge in [-0.1, -0.05) is 0 Å². The van der Waals surface area contributed by atoms with Crippen molar-refractivity contribution < 1.29 is 17.9 Å². The molecule has 0 aromatic carbocycles. The van der Waals surface area contributed by atoms with Gasteiger partial charge in [0.1, 0.15) is 0 Å².